The summed E-state index contributed by atoms with van der Waals surface area (Å²) in [7, 11) is 7.16. The lowest BCUT2D eigenvalue weighted by atomic mass is 9.97. The number of nitrogens with two attached hydrogens (primary N) is 4. The van der Waals surface area contributed by atoms with Gasteiger partial charge in [0.2, 0.25) is 17.7 Å². The molecule has 8 aliphatic rings. The first-order valence-electron chi connectivity index (χ1n) is 48.6. The molecule has 44 heteroatoms. The molecule has 8 aliphatic heterocycles. The molecule has 5 amide bonds. The van der Waals surface area contributed by atoms with Gasteiger partial charge in [0.15, 0.2) is 34.7 Å². The molecule has 0 fully saturated rings. The molecule has 17 N–H and O–H groups in total. The van der Waals surface area contributed by atoms with Crippen LogP contribution in [0.25, 0.3) is 93.7 Å². The lowest BCUT2D eigenvalue weighted by Gasteiger charge is -2.22. The van der Waals surface area contributed by atoms with Crippen molar-refractivity contribution in [3.05, 3.63) is 215 Å². The first-order valence-corrected chi connectivity index (χ1v) is 48.6. The van der Waals surface area contributed by atoms with Crippen molar-refractivity contribution in [2.24, 2.45) is 0 Å². The van der Waals surface area contributed by atoms with Crippen molar-refractivity contribution in [3.63, 3.8) is 0 Å². The molecule has 147 heavy (non-hydrogen) atoms. The molecule has 0 radical (unpaired) electrons. The zero-order valence-corrected chi connectivity index (χ0v) is 82.2. The molecular weight excluding hydrogens is 1860 g/mol. The number of aryl methyl sites for hydroxylation is 3. The van der Waals surface area contributed by atoms with Gasteiger partial charge in [-0.15, -0.1) is 0 Å². The minimum absolute atomic E-state index is 0.0342. The standard InChI is InChI=1S/C26H28N10O2.C26H26N10.C26H27N9O.C25H26N10O2/c1-14-17(11-30-24-23(14)28-5-7-35(3)26(24)38)19-8-15-9-20(29-12-18(15)25(27)31-19)32-21-10-16-4-6-34(2)22(37)13-36(16)33-21;1-15-18(12-30-20-3-2-5-29-25(15)20)21-9-16-10-22(31-13-19(16)26(27)32-21)33-23-11-17-4-7-35-8-6-28-24(35)14-36(17)34-23;1-14-4-6-28-25-15(2)18(11-30-24(14)25)20-8-16-9-21(29-12-19(16)26(27)31-20)32-22-10-17-5-7-34(3)23(36)13-35(17)33-22;1-13-16(10-30-23-22(13)28-5-6-34(2)25(23)37)18-7-14-8-19(29-11-17(14)24(26)31-18)32-20-9-15-3-4-27-21(36)12-35(15)33-20/h8-12,28H,4-7,13H2,1-3H3,(H2,27,31)(H,29,32,33);6,8-13,29H,2-5,7,14H2,1H3,(H2,27,32)(H,31,33,34);8-12,28H,1,4-7,13H2,2-3H3,(H2,27,31)(H,29,32,33);7-11,28H,3-6,12H2,1-2H3,(H2,26,31)(H,27,36)(H,29,32,33). The topological polar surface area (TPSA) is 554 Å². The third-order valence-corrected chi connectivity index (χ3v) is 28.1. The van der Waals surface area contributed by atoms with E-state index >= 15 is 0 Å². The number of fused-ring (bicyclic) bond motifs is 13. The van der Waals surface area contributed by atoms with Gasteiger partial charge in [0.25, 0.3) is 11.8 Å². The van der Waals surface area contributed by atoms with Crippen LogP contribution in [0.15, 0.2) is 141 Å². The van der Waals surface area contributed by atoms with E-state index in [1.807, 2.05) is 111 Å². The predicted octanol–water partition coefficient (Wildman–Crippen LogP) is 10.8. The van der Waals surface area contributed by atoms with Gasteiger partial charge in [-0.3, -0.25) is 52.7 Å². The number of amides is 5. The molecule has 0 unspecified atom stereocenters. The van der Waals surface area contributed by atoms with Gasteiger partial charge in [-0.05, 0) is 145 Å². The maximum Gasteiger partial charge on any atom is 0.274 e. The van der Waals surface area contributed by atoms with Crippen LogP contribution in [-0.4, -0.2) is 245 Å². The van der Waals surface area contributed by atoms with Crippen molar-refractivity contribution in [2.75, 3.05) is 153 Å². The highest BCUT2D eigenvalue weighted by atomic mass is 16.2. The second kappa shape index (κ2) is 38.4. The quantitative estimate of drug-likeness (QED) is 0.0540. The van der Waals surface area contributed by atoms with Crippen LogP contribution in [-0.2, 0) is 79.2 Å². The maximum atomic E-state index is 12.7. The Hall–Kier alpha value is -18.4. The summed E-state index contributed by atoms with van der Waals surface area (Å²) in [5, 5.41) is 54.6. The summed E-state index contributed by atoms with van der Waals surface area (Å²) in [5.74, 6) is 7.57. The molecular formula is C103H107N39O5. The van der Waals surface area contributed by atoms with Gasteiger partial charge in [0.1, 0.15) is 72.0 Å². The van der Waals surface area contributed by atoms with E-state index in [0.717, 1.165) is 226 Å². The van der Waals surface area contributed by atoms with E-state index in [0.29, 0.717) is 146 Å². The Morgan fingerprint density at radius 2 is 0.694 bits per heavy atom. The minimum atomic E-state index is -0.111. The van der Waals surface area contributed by atoms with Gasteiger partial charge in [-0.1, -0.05) is 6.58 Å². The van der Waals surface area contributed by atoms with Crippen molar-refractivity contribution in [1.82, 2.24) is 133 Å². The summed E-state index contributed by atoms with van der Waals surface area (Å²) in [6, 6.07) is 23.6. The summed E-state index contributed by atoms with van der Waals surface area (Å²) in [6.45, 7) is 20.6. The highest BCUT2D eigenvalue weighted by molar-refractivity contribution is 6.04. The molecule has 0 spiro atoms. The number of aromatic nitrogens is 22. The number of carbonyl (C=O) groups excluding carboxylic acids is 5. The highest BCUT2D eigenvalue weighted by Crippen LogP contribution is 2.42. The fourth-order valence-corrected chi connectivity index (χ4v) is 19.7. The number of likely N-dealkylation sites (N-methyl/N-ethyl adjacent to an activating group) is 4. The lowest BCUT2D eigenvalue weighted by Crippen LogP contribution is -2.29. The van der Waals surface area contributed by atoms with Crippen LogP contribution in [0.4, 0.5) is 92.6 Å². The van der Waals surface area contributed by atoms with Crippen LogP contribution in [0.2, 0.25) is 0 Å². The van der Waals surface area contributed by atoms with E-state index in [4.69, 9.17) is 33.0 Å². The number of hydrogen-bond acceptors (Lipinski definition) is 34. The fourth-order valence-electron chi connectivity index (χ4n) is 19.7. The second-order valence-corrected chi connectivity index (χ2v) is 37.8. The SMILES string of the molecule is C=C1CCNc2c1ncc(-c1cc3cc(Nc4cc5n(n4)CC(=O)N(C)CC5)ncc3c(N)n1)c2C.Cc1c(-c2cc3cc(Nc4cc5n(n4)CC(=O)N(C)CC5)ncc3c(N)n2)cnc2c1NCCN(C)C2=O.Cc1c(-c2cc3cc(Nc4cc5n(n4)CC(=O)NCC5)ncc3c(N)n2)cnc2c1NCCN(C)C2=O.Cc1c(-c2cc3cc(Nc4cc5n(n4)Cc4nccn4CC5)ncc3c(N)n2)cnc2c1NCCC2. The van der Waals surface area contributed by atoms with Gasteiger partial charge in [-0.2, -0.15) is 20.4 Å². The molecule has 0 aliphatic carbocycles. The van der Waals surface area contributed by atoms with Gasteiger partial charge >= 0.3 is 0 Å². The average Bonchev–Trinajstić information content (AvgIpc) is 1.75. The minimum Gasteiger partial charge on any atom is -0.383 e. The van der Waals surface area contributed by atoms with Gasteiger partial charge in [-0.25, -0.2) is 54.8 Å². The average molecular weight is 1970 g/mol. The maximum absolute atomic E-state index is 12.7. The largest absolute Gasteiger partial charge is 0.383 e. The number of nitrogens with zero attached hydrogens (tertiary/aromatic N) is 26. The van der Waals surface area contributed by atoms with E-state index < -0.39 is 0 Å². The second-order valence-electron chi connectivity index (χ2n) is 37.8. The van der Waals surface area contributed by atoms with Crippen LogP contribution < -0.4 is 70.8 Å². The molecule has 44 nitrogen and oxygen atoms in total. The molecule has 0 saturated heterocycles. The van der Waals surface area contributed by atoms with Crippen molar-refractivity contribution >= 4 is 171 Å². The monoisotopic (exact) mass is 1970 g/mol. The summed E-state index contributed by atoms with van der Waals surface area (Å²) >= 11 is 0. The Bertz CT molecular complexity index is 8280. The summed E-state index contributed by atoms with van der Waals surface area (Å²) in [4.78, 5) is 128. The third-order valence-electron chi connectivity index (χ3n) is 28.1. The van der Waals surface area contributed by atoms with Crippen LogP contribution in [0.1, 0.15) is 96.1 Å². The van der Waals surface area contributed by atoms with E-state index in [1.54, 1.807) is 92.0 Å². The first-order chi connectivity index (χ1) is 71.1. The Labute approximate surface area is 841 Å². The van der Waals surface area contributed by atoms with E-state index in [1.165, 1.54) is 5.69 Å². The summed E-state index contributed by atoms with van der Waals surface area (Å²) < 4.78 is 9.38. The zero-order valence-electron chi connectivity index (χ0n) is 82.2. The normalized spacial score (nSPS) is 15.2. The van der Waals surface area contributed by atoms with Crippen LogP contribution in [0.5, 0.6) is 0 Å². The van der Waals surface area contributed by atoms with Crippen molar-refractivity contribution < 1.29 is 24.0 Å². The number of nitrogen functional groups attached to an aromatic ring is 4. The Kier molecular flexibility index (Phi) is 24.5. The van der Waals surface area contributed by atoms with Crippen LogP contribution in [0, 0.1) is 27.7 Å². The number of imidazole rings is 1. The summed E-state index contributed by atoms with van der Waals surface area (Å²) in [5.41, 5.74) is 47.3. The highest BCUT2D eigenvalue weighted by Gasteiger charge is 2.32. The van der Waals surface area contributed by atoms with Crippen molar-refractivity contribution in [2.45, 2.75) is 105 Å². The fraction of sp³-hybridized carbons (Fsp3) is 0.282. The molecule has 25 rings (SSSR count). The Morgan fingerprint density at radius 3 is 1.13 bits per heavy atom. The first kappa shape index (κ1) is 93.5. The number of rotatable bonds is 12. The van der Waals surface area contributed by atoms with E-state index in [-0.39, 0.29) is 49.2 Å². The number of anilines is 16. The predicted molar refractivity (Wildman–Crippen MR) is 564 cm³/mol. The number of hydrogen-bond donors (Lipinski definition) is 13. The Balaban J connectivity index is 0.000000111. The smallest absolute Gasteiger partial charge is 0.274 e. The van der Waals surface area contributed by atoms with E-state index in [2.05, 4.69) is 160 Å². The summed E-state index contributed by atoms with van der Waals surface area (Å²) in [6.07, 6.45) is 23.9. The van der Waals surface area contributed by atoms with E-state index in [9.17, 15) is 24.0 Å². The third kappa shape index (κ3) is 18.5. The zero-order chi connectivity index (χ0) is 101. The molecule has 0 aromatic carbocycles. The molecule has 25 heterocycles. The van der Waals surface area contributed by atoms with Gasteiger partial charge in [0.05, 0.1) is 63.5 Å². The van der Waals surface area contributed by atoms with Gasteiger partial charge in [0, 0.05) is 272 Å². The Morgan fingerprint density at radius 1 is 0.333 bits per heavy atom. The van der Waals surface area contributed by atoms with Crippen molar-refractivity contribution in [3.8, 4) is 45.0 Å². The number of pyridine rings is 12. The van der Waals surface area contributed by atoms with Crippen LogP contribution >= 0.6 is 0 Å². The number of carbonyl (C=O) groups is 5. The van der Waals surface area contributed by atoms with Gasteiger partial charge < -0.3 is 95.0 Å². The molecule has 0 saturated carbocycles. The molecule has 17 aromatic rings. The molecule has 17 aromatic heterocycles. The van der Waals surface area contributed by atoms with Crippen molar-refractivity contribution in [1.29, 1.82) is 0 Å². The number of nitrogens with one attached hydrogen (secondary N) is 9. The molecule has 0 atom stereocenters. The molecule has 0 bridgehead atoms. The molecule has 744 valence electrons. The lowest BCUT2D eigenvalue weighted by molar-refractivity contribution is -0.131. The van der Waals surface area contributed by atoms with Crippen LogP contribution in [0.3, 0.4) is 0 Å².